The molecule has 1 heterocycles. The molecule has 1 N–H and O–H groups in total. The number of hydrogen-bond donors (Lipinski definition) is 1. The first-order valence-electron chi connectivity index (χ1n) is 7.13. The van der Waals surface area contributed by atoms with Crippen LogP contribution in [0, 0.1) is 5.41 Å². The van der Waals surface area contributed by atoms with Crippen molar-refractivity contribution in [3.8, 4) is 0 Å². The fraction of sp³-hybridized carbons (Fsp3) is 0.533. The highest BCUT2D eigenvalue weighted by Crippen LogP contribution is 2.44. The van der Waals surface area contributed by atoms with Gasteiger partial charge >= 0.3 is 12.3 Å². The van der Waals surface area contributed by atoms with Crippen LogP contribution < -0.4 is 0 Å². The Morgan fingerprint density at radius 1 is 1.29 bits per heavy atom. The Bertz CT molecular complexity index is 654. The number of nitrogens with zero attached hydrogens (tertiary/aromatic N) is 1. The number of hydrogen-bond acceptors (Lipinski definition) is 3. The van der Waals surface area contributed by atoms with E-state index in [4.69, 9.17) is 4.18 Å². The zero-order chi connectivity index (χ0) is 18.3. The maximum absolute atomic E-state index is 12.7. The van der Waals surface area contributed by atoms with Crippen LogP contribution >= 0.6 is 0 Å². The van der Waals surface area contributed by atoms with Crippen LogP contribution in [-0.4, -0.2) is 31.9 Å². The molecule has 1 aromatic rings. The maximum atomic E-state index is 12.7. The van der Waals surface area contributed by atoms with Crippen LogP contribution in [0.1, 0.15) is 31.9 Å². The molecule has 2 atom stereocenters. The molecular formula is C15H18F3NO4S. The number of halogens is 3. The monoisotopic (exact) mass is 365 g/mol. The molecule has 1 amide bonds. The topological polar surface area (TPSA) is 66.8 Å². The van der Waals surface area contributed by atoms with E-state index in [0.717, 1.165) is 16.4 Å². The van der Waals surface area contributed by atoms with Crippen molar-refractivity contribution in [3.05, 3.63) is 35.4 Å². The van der Waals surface area contributed by atoms with Gasteiger partial charge in [0.1, 0.15) is 0 Å². The van der Waals surface area contributed by atoms with Crippen molar-refractivity contribution in [2.24, 2.45) is 5.41 Å². The van der Waals surface area contributed by atoms with Crippen molar-refractivity contribution >= 4 is 17.4 Å². The highest BCUT2D eigenvalue weighted by molar-refractivity contribution is 7.78. The molecule has 0 aliphatic carbocycles. The molecule has 2 rings (SSSR count). The SMILES string of the molecule is CC(C)(C)[C@@]1(Cc2ccc(C(F)(F)F)cc2)CO[S@@](=O)N1C(=O)O. The lowest BCUT2D eigenvalue weighted by molar-refractivity contribution is -0.137. The Hall–Kier alpha value is -1.61. The third kappa shape index (κ3) is 3.27. The molecule has 134 valence electrons. The van der Waals surface area contributed by atoms with Gasteiger partial charge in [0, 0.05) is 0 Å². The third-order valence-electron chi connectivity index (χ3n) is 4.28. The molecule has 0 bridgehead atoms. The largest absolute Gasteiger partial charge is 0.464 e. The van der Waals surface area contributed by atoms with Crippen LogP contribution in [0.15, 0.2) is 24.3 Å². The highest BCUT2D eigenvalue weighted by atomic mass is 32.2. The molecule has 0 spiro atoms. The predicted octanol–water partition coefficient (Wildman–Crippen LogP) is 3.62. The van der Waals surface area contributed by atoms with E-state index in [2.05, 4.69) is 0 Å². The van der Waals surface area contributed by atoms with Gasteiger partial charge in [-0.25, -0.2) is 9.00 Å². The van der Waals surface area contributed by atoms with E-state index in [-0.39, 0.29) is 13.0 Å². The molecular weight excluding hydrogens is 347 g/mol. The molecule has 24 heavy (non-hydrogen) atoms. The average Bonchev–Trinajstić information content (AvgIpc) is 2.76. The predicted molar refractivity (Wildman–Crippen MR) is 81.3 cm³/mol. The van der Waals surface area contributed by atoms with Crippen LogP contribution in [0.25, 0.3) is 0 Å². The number of carbonyl (C=O) groups is 1. The van der Waals surface area contributed by atoms with Gasteiger partial charge in [0.15, 0.2) is 0 Å². The number of alkyl halides is 3. The van der Waals surface area contributed by atoms with Gasteiger partial charge in [-0.2, -0.15) is 17.5 Å². The van der Waals surface area contributed by atoms with E-state index in [1.807, 2.05) is 0 Å². The fourth-order valence-corrected chi connectivity index (χ4v) is 3.91. The molecule has 9 heteroatoms. The molecule has 1 aliphatic rings. The van der Waals surface area contributed by atoms with Crippen LogP contribution in [0.4, 0.5) is 18.0 Å². The standard InChI is InChI=1S/C15H18F3NO4S/c1-13(2,3)14(9-23-24(22)19(14)12(20)21)8-10-4-6-11(7-5-10)15(16,17)18/h4-7H,8-9H2,1-3H3,(H,20,21)/t14-,24-/m1/s1. The molecule has 0 unspecified atom stereocenters. The second-order valence-corrected chi connectivity index (χ2v) is 7.74. The summed E-state index contributed by atoms with van der Waals surface area (Å²) in [5, 5.41) is 9.42. The number of benzene rings is 1. The Morgan fingerprint density at radius 2 is 1.83 bits per heavy atom. The fourth-order valence-electron chi connectivity index (χ4n) is 2.71. The van der Waals surface area contributed by atoms with Crippen LogP contribution in [0.3, 0.4) is 0 Å². The zero-order valence-electron chi connectivity index (χ0n) is 13.4. The minimum absolute atomic E-state index is 0.0900. The Balaban J connectivity index is 2.41. The van der Waals surface area contributed by atoms with Gasteiger partial charge in [-0.1, -0.05) is 32.9 Å². The summed E-state index contributed by atoms with van der Waals surface area (Å²) < 4.78 is 55.7. The summed E-state index contributed by atoms with van der Waals surface area (Å²) in [5.74, 6) is 0. The Labute approximate surface area is 140 Å². The van der Waals surface area contributed by atoms with Crippen molar-refractivity contribution in [1.82, 2.24) is 4.31 Å². The summed E-state index contributed by atoms with van der Waals surface area (Å²) in [5.41, 5.74) is -2.08. The normalized spacial score (nSPS) is 25.1. The maximum Gasteiger partial charge on any atom is 0.421 e. The van der Waals surface area contributed by atoms with Gasteiger partial charge in [0.05, 0.1) is 17.7 Å². The lowest BCUT2D eigenvalue weighted by atomic mass is 9.70. The minimum atomic E-state index is -4.44. The van der Waals surface area contributed by atoms with Gasteiger partial charge in [-0.15, -0.1) is 0 Å². The summed E-state index contributed by atoms with van der Waals surface area (Å²) in [6, 6.07) is 4.50. The molecule has 1 aromatic carbocycles. The van der Waals surface area contributed by atoms with Crippen molar-refractivity contribution in [3.63, 3.8) is 0 Å². The first kappa shape index (κ1) is 18.7. The van der Waals surface area contributed by atoms with E-state index >= 15 is 0 Å². The Morgan fingerprint density at radius 3 is 2.25 bits per heavy atom. The summed E-state index contributed by atoms with van der Waals surface area (Å²) in [6.07, 6.45) is -5.74. The van der Waals surface area contributed by atoms with E-state index in [0.29, 0.717) is 5.56 Å². The minimum Gasteiger partial charge on any atom is -0.464 e. The van der Waals surface area contributed by atoms with Gasteiger partial charge in [0.25, 0.3) is 11.3 Å². The van der Waals surface area contributed by atoms with E-state index in [1.54, 1.807) is 20.8 Å². The van der Waals surface area contributed by atoms with E-state index < -0.39 is 40.1 Å². The van der Waals surface area contributed by atoms with Gasteiger partial charge in [0.2, 0.25) is 0 Å². The van der Waals surface area contributed by atoms with Gasteiger partial charge in [-0.05, 0) is 29.5 Å². The molecule has 1 fully saturated rings. The summed E-state index contributed by atoms with van der Waals surface area (Å²) in [7, 11) is 0. The average molecular weight is 365 g/mol. The van der Waals surface area contributed by atoms with Crippen molar-refractivity contribution in [1.29, 1.82) is 0 Å². The number of amides is 1. The number of carboxylic acid groups (broad SMARTS) is 1. The quantitative estimate of drug-likeness (QED) is 0.869. The van der Waals surface area contributed by atoms with Crippen LogP contribution in [0.2, 0.25) is 0 Å². The van der Waals surface area contributed by atoms with E-state index in [1.165, 1.54) is 12.1 Å². The molecule has 1 aliphatic heterocycles. The second-order valence-electron chi connectivity index (χ2n) is 6.71. The lowest BCUT2D eigenvalue weighted by Gasteiger charge is -2.44. The summed E-state index contributed by atoms with van der Waals surface area (Å²) >= 11 is -2.14. The summed E-state index contributed by atoms with van der Waals surface area (Å²) in [4.78, 5) is 11.6. The Kier molecular flexibility index (Phi) is 4.71. The molecule has 5 nitrogen and oxygen atoms in total. The summed E-state index contributed by atoms with van der Waals surface area (Å²) in [6.45, 7) is 5.23. The van der Waals surface area contributed by atoms with Crippen molar-refractivity contribution in [2.45, 2.75) is 38.9 Å². The van der Waals surface area contributed by atoms with Gasteiger partial charge in [-0.3, -0.25) is 4.18 Å². The molecule has 1 saturated heterocycles. The zero-order valence-corrected chi connectivity index (χ0v) is 14.2. The first-order chi connectivity index (χ1) is 10.9. The number of rotatable bonds is 2. The third-order valence-corrected chi connectivity index (χ3v) is 5.41. The highest BCUT2D eigenvalue weighted by Gasteiger charge is 2.57. The van der Waals surface area contributed by atoms with Gasteiger partial charge < -0.3 is 5.11 Å². The second kappa shape index (κ2) is 6.03. The smallest absolute Gasteiger partial charge is 0.421 e. The lowest BCUT2D eigenvalue weighted by Crippen LogP contribution is -2.58. The van der Waals surface area contributed by atoms with Crippen LogP contribution in [-0.2, 0) is 28.0 Å². The molecule has 0 aromatic heterocycles. The molecule has 0 radical (unpaired) electrons. The van der Waals surface area contributed by atoms with Crippen molar-refractivity contribution in [2.75, 3.05) is 6.61 Å². The first-order valence-corrected chi connectivity index (χ1v) is 8.16. The van der Waals surface area contributed by atoms with E-state index in [9.17, 15) is 27.3 Å². The van der Waals surface area contributed by atoms with Crippen molar-refractivity contribution < 1.29 is 31.5 Å². The van der Waals surface area contributed by atoms with Crippen LogP contribution in [0.5, 0.6) is 0 Å². The molecule has 0 saturated carbocycles.